The summed E-state index contributed by atoms with van der Waals surface area (Å²) < 4.78 is 10.5. The second kappa shape index (κ2) is 7.84. The summed E-state index contributed by atoms with van der Waals surface area (Å²) in [6.45, 7) is 3.38. The lowest BCUT2D eigenvalue weighted by molar-refractivity contribution is 0.0983. The van der Waals surface area contributed by atoms with E-state index in [1.54, 1.807) is 6.07 Å². The normalized spacial score (nSPS) is 11.1. The molecule has 1 heterocycles. The molecule has 0 saturated carbocycles. The number of H-pyrrole nitrogens is 1. The Morgan fingerprint density at radius 1 is 1.32 bits per heavy atom. The first-order valence-corrected chi connectivity index (χ1v) is 7.70. The summed E-state index contributed by atoms with van der Waals surface area (Å²) in [4.78, 5) is 17.1. The first-order chi connectivity index (χ1) is 10.6. The molecule has 1 aromatic carbocycles. The molecule has 1 N–H and O–H groups in total. The van der Waals surface area contributed by atoms with E-state index >= 15 is 0 Å². The first kappa shape index (κ1) is 16.4. The van der Waals surface area contributed by atoms with Crippen LogP contribution in [0.1, 0.15) is 25.3 Å². The van der Waals surface area contributed by atoms with Gasteiger partial charge in [0.15, 0.2) is 0 Å². The molecule has 0 aliphatic rings. The molecule has 0 radical (unpaired) electrons. The first-order valence-electron chi connectivity index (χ1n) is 7.70. The summed E-state index contributed by atoms with van der Waals surface area (Å²) in [7, 11) is 4.08. The van der Waals surface area contributed by atoms with Gasteiger partial charge in [-0.25, -0.2) is 4.79 Å². The summed E-state index contributed by atoms with van der Waals surface area (Å²) in [5.74, 6) is 0.550. The number of hydrogen-bond donors (Lipinski definition) is 1. The minimum absolute atomic E-state index is 0.395. The Bertz CT molecular complexity index is 619. The number of aromatic nitrogens is 1. The molecule has 0 aliphatic carbocycles. The molecule has 0 amide bonds. The van der Waals surface area contributed by atoms with Crippen molar-refractivity contribution in [2.45, 2.75) is 26.2 Å². The van der Waals surface area contributed by atoms with E-state index in [4.69, 9.17) is 9.47 Å². The topological polar surface area (TPSA) is 54.6 Å². The van der Waals surface area contributed by atoms with E-state index in [1.807, 2.05) is 39.3 Å². The smallest absolute Gasteiger partial charge is 0.434 e. The number of ether oxygens (including phenoxy) is 2. The van der Waals surface area contributed by atoms with Crippen molar-refractivity contribution in [3.63, 3.8) is 0 Å². The second-order valence-electron chi connectivity index (χ2n) is 5.60. The van der Waals surface area contributed by atoms with E-state index in [9.17, 15) is 4.79 Å². The molecule has 0 fully saturated rings. The highest BCUT2D eigenvalue weighted by molar-refractivity contribution is 5.90. The lowest BCUT2D eigenvalue weighted by Gasteiger charge is -2.10. The number of nitrogens with one attached hydrogen (secondary N) is 1. The number of benzene rings is 1. The van der Waals surface area contributed by atoms with Gasteiger partial charge in [0.1, 0.15) is 5.75 Å². The molecular formula is C17H24N2O3. The van der Waals surface area contributed by atoms with Gasteiger partial charge < -0.3 is 19.4 Å². The van der Waals surface area contributed by atoms with Crippen LogP contribution in [0.3, 0.4) is 0 Å². The molecule has 0 saturated heterocycles. The van der Waals surface area contributed by atoms with Crippen LogP contribution < -0.4 is 4.74 Å². The number of carbonyl (C=O) groups excluding carboxylic acids is 1. The van der Waals surface area contributed by atoms with Crippen molar-refractivity contribution < 1.29 is 14.3 Å². The number of fused-ring (bicyclic) bond motifs is 1. The Kier molecular flexibility index (Phi) is 5.83. The van der Waals surface area contributed by atoms with Crippen molar-refractivity contribution in [3.8, 4) is 5.75 Å². The fourth-order valence-electron chi connectivity index (χ4n) is 2.27. The van der Waals surface area contributed by atoms with E-state index < -0.39 is 6.16 Å². The van der Waals surface area contributed by atoms with Gasteiger partial charge in [-0.15, -0.1) is 0 Å². The Morgan fingerprint density at radius 3 is 2.86 bits per heavy atom. The van der Waals surface area contributed by atoms with Gasteiger partial charge in [0.25, 0.3) is 0 Å². The largest absolute Gasteiger partial charge is 0.513 e. The zero-order valence-corrected chi connectivity index (χ0v) is 13.5. The summed E-state index contributed by atoms with van der Waals surface area (Å²) in [5, 5.41) is 0.955. The number of rotatable bonds is 7. The van der Waals surface area contributed by atoms with Crippen molar-refractivity contribution in [1.82, 2.24) is 9.88 Å². The average molecular weight is 304 g/mol. The Labute approximate surface area is 131 Å². The second-order valence-corrected chi connectivity index (χ2v) is 5.60. The maximum Gasteiger partial charge on any atom is 0.513 e. The van der Waals surface area contributed by atoms with Gasteiger partial charge in [0, 0.05) is 23.6 Å². The molecule has 0 spiro atoms. The van der Waals surface area contributed by atoms with Gasteiger partial charge in [-0.2, -0.15) is 0 Å². The maximum absolute atomic E-state index is 11.8. The van der Waals surface area contributed by atoms with Gasteiger partial charge in [-0.05, 0) is 44.6 Å². The standard InChI is InChI=1S/C17H24N2O3/c1-4-5-11-21-17(20)22-15-8-6-7-14-16(15)13(12-18-14)9-10-19(2)3/h6-8,12,18H,4-5,9-11H2,1-3H3. The number of carbonyl (C=O) groups is 1. The van der Waals surface area contributed by atoms with Crippen molar-refractivity contribution in [2.75, 3.05) is 27.2 Å². The van der Waals surface area contributed by atoms with Crippen LogP contribution in [-0.4, -0.2) is 43.3 Å². The third-order valence-electron chi connectivity index (χ3n) is 3.49. The lowest BCUT2D eigenvalue weighted by Crippen LogP contribution is -2.15. The molecule has 5 nitrogen and oxygen atoms in total. The van der Waals surface area contributed by atoms with E-state index in [1.165, 1.54) is 0 Å². The highest BCUT2D eigenvalue weighted by Gasteiger charge is 2.13. The molecular weight excluding hydrogens is 280 g/mol. The van der Waals surface area contributed by atoms with Crippen molar-refractivity contribution >= 4 is 17.1 Å². The molecule has 2 rings (SSSR count). The predicted octanol–water partition coefficient (Wildman–Crippen LogP) is 3.59. The van der Waals surface area contributed by atoms with Crippen LogP contribution in [-0.2, 0) is 11.2 Å². The summed E-state index contributed by atoms with van der Waals surface area (Å²) in [6.07, 6.45) is 4.05. The molecule has 5 heteroatoms. The van der Waals surface area contributed by atoms with E-state index in [0.29, 0.717) is 12.4 Å². The van der Waals surface area contributed by atoms with Crippen molar-refractivity contribution in [2.24, 2.45) is 0 Å². The molecule has 0 aliphatic heterocycles. The predicted molar refractivity (Wildman–Crippen MR) is 87.4 cm³/mol. The quantitative estimate of drug-likeness (QED) is 0.482. The van der Waals surface area contributed by atoms with Crippen LogP contribution in [0.2, 0.25) is 0 Å². The lowest BCUT2D eigenvalue weighted by atomic mass is 10.1. The van der Waals surface area contributed by atoms with Crippen LogP contribution >= 0.6 is 0 Å². The Balaban J connectivity index is 2.14. The highest BCUT2D eigenvalue weighted by atomic mass is 16.7. The average Bonchev–Trinajstić information content (AvgIpc) is 2.89. The van der Waals surface area contributed by atoms with Gasteiger partial charge in [-0.1, -0.05) is 19.4 Å². The fraction of sp³-hybridized carbons (Fsp3) is 0.471. The fourth-order valence-corrected chi connectivity index (χ4v) is 2.27. The molecule has 1 aromatic heterocycles. The zero-order valence-electron chi connectivity index (χ0n) is 13.5. The van der Waals surface area contributed by atoms with Gasteiger partial charge >= 0.3 is 6.16 Å². The van der Waals surface area contributed by atoms with Crippen LogP contribution in [0.4, 0.5) is 4.79 Å². The Morgan fingerprint density at radius 2 is 2.14 bits per heavy atom. The molecule has 0 bridgehead atoms. The molecule has 2 aromatic rings. The van der Waals surface area contributed by atoms with E-state index in [-0.39, 0.29) is 0 Å². The van der Waals surface area contributed by atoms with Crippen molar-refractivity contribution in [1.29, 1.82) is 0 Å². The number of likely N-dealkylation sites (N-methyl/N-ethyl adjacent to an activating group) is 1. The summed E-state index contributed by atoms with van der Waals surface area (Å²) >= 11 is 0. The summed E-state index contributed by atoms with van der Waals surface area (Å²) in [5.41, 5.74) is 2.10. The summed E-state index contributed by atoms with van der Waals surface area (Å²) in [6, 6.07) is 5.64. The maximum atomic E-state index is 11.8. The van der Waals surface area contributed by atoms with Gasteiger partial charge in [0.05, 0.1) is 6.61 Å². The minimum atomic E-state index is -0.638. The number of nitrogens with zero attached hydrogens (tertiary/aromatic N) is 1. The number of aromatic amines is 1. The Hall–Kier alpha value is -2.01. The SMILES string of the molecule is CCCCOC(=O)Oc1cccc2[nH]cc(CCN(C)C)c12. The number of unbranched alkanes of at least 4 members (excludes halogenated alkanes) is 1. The highest BCUT2D eigenvalue weighted by Crippen LogP contribution is 2.29. The van der Waals surface area contributed by atoms with Crippen LogP contribution in [0.5, 0.6) is 5.75 Å². The number of hydrogen-bond acceptors (Lipinski definition) is 4. The minimum Gasteiger partial charge on any atom is -0.434 e. The monoisotopic (exact) mass is 304 g/mol. The van der Waals surface area contributed by atoms with Gasteiger partial charge in [0.2, 0.25) is 0 Å². The third kappa shape index (κ3) is 4.24. The molecule has 0 atom stereocenters. The van der Waals surface area contributed by atoms with E-state index in [2.05, 4.69) is 9.88 Å². The van der Waals surface area contributed by atoms with Crippen LogP contribution in [0.15, 0.2) is 24.4 Å². The van der Waals surface area contributed by atoms with Gasteiger partial charge in [-0.3, -0.25) is 0 Å². The molecule has 120 valence electrons. The van der Waals surface area contributed by atoms with Crippen LogP contribution in [0.25, 0.3) is 10.9 Å². The van der Waals surface area contributed by atoms with Crippen molar-refractivity contribution in [3.05, 3.63) is 30.0 Å². The molecule has 0 unspecified atom stereocenters. The van der Waals surface area contributed by atoms with E-state index in [0.717, 1.165) is 42.3 Å². The van der Waals surface area contributed by atoms with Crippen LogP contribution in [0, 0.1) is 0 Å². The molecule has 22 heavy (non-hydrogen) atoms. The zero-order chi connectivity index (χ0) is 15.9. The third-order valence-corrected chi connectivity index (χ3v) is 3.49.